The van der Waals surface area contributed by atoms with Gasteiger partial charge in [0.1, 0.15) is 5.75 Å². The number of ether oxygens (including phenoxy) is 1. The molecule has 0 fully saturated rings. The number of aryl methyl sites for hydroxylation is 1. The lowest BCUT2D eigenvalue weighted by molar-refractivity contribution is 0.409. The molecule has 0 atom stereocenters. The number of nitrogens with zero attached hydrogens (tertiary/aromatic N) is 1. The summed E-state index contributed by atoms with van der Waals surface area (Å²) in [6, 6.07) is 9.97. The van der Waals surface area contributed by atoms with E-state index in [1.54, 1.807) is 6.20 Å². The average Bonchev–Trinajstić information content (AvgIpc) is 2.40. The van der Waals surface area contributed by atoms with E-state index >= 15 is 0 Å². The Bertz CT molecular complexity index is 620. The first-order valence-corrected chi connectivity index (χ1v) is 7.77. The van der Waals surface area contributed by atoms with Crippen LogP contribution in [0.5, 0.6) is 11.6 Å². The highest BCUT2D eigenvalue weighted by Crippen LogP contribution is 2.31. The zero-order valence-electron chi connectivity index (χ0n) is 12.9. The fourth-order valence-electron chi connectivity index (χ4n) is 1.80. The quantitative estimate of drug-likeness (QED) is 0.858. The third-order valence-corrected chi connectivity index (χ3v) is 3.57. The molecule has 21 heavy (non-hydrogen) atoms. The summed E-state index contributed by atoms with van der Waals surface area (Å²) in [7, 11) is 0. The van der Waals surface area contributed by atoms with Gasteiger partial charge in [-0.25, -0.2) is 4.98 Å². The number of nitrogens with one attached hydrogen (secondary N) is 1. The molecule has 0 bridgehead atoms. The summed E-state index contributed by atoms with van der Waals surface area (Å²) in [5, 5.41) is 3.46. The van der Waals surface area contributed by atoms with Crippen LogP contribution in [-0.2, 0) is 6.54 Å². The van der Waals surface area contributed by atoms with E-state index in [1.165, 1.54) is 5.56 Å². The van der Waals surface area contributed by atoms with Gasteiger partial charge in [-0.3, -0.25) is 0 Å². The highest BCUT2D eigenvalue weighted by molar-refractivity contribution is 9.10. The minimum absolute atomic E-state index is 0.0531. The van der Waals surface area contributed by atoms with Gasteiger partial charge in [-0.15, -0.1) is 0 Å². The van der Waals surface area contributed by atoms with Crippen molar-refractivity contribution >= 4 is 15.9 Å². The first-order chi connectivity index (χ1) is 9.85. The van der Waals surface area contributed by atoms with E-state index in [0.717, 1.165) is 22.3 Å². The smallest absolute Gasteiger partial charge is 0.223 e. The van der Waals surface area contributed by atoms with Gasteiger partial charge in [-0.2, -0.15) is 0 Å². The molecular formula is C17H21BrN2O. The summed E-state index contributed by atoms with van der Waals surface area (Å²) in [6.45, 7) is 9.19. The summed E-state index contributed by atoms with van der Waals surface area (Å²) in [5.41, 5.74) is 2.28. The number of aromatic nitrogens is 1. The molecule has 0 saturated heterocycles. The second-order valence-electron chi connectivity index (χ2n) is 6.11. The fraction of sp³-hybridized carbons (Fsp3) is 0.353. The number of hydrogen-bond donors (Lipinski definition) is 1. The van der Waals surface area contributed by atoms with Crippen molar-refractivity contribution in [2.24, 2.45) is 0 Å². The van der Waals surface area contributed by atoms with Gasteiger partial charge in [0.05, 0.1) is 4.47 Å². The topological polar surface area (TPSA) is 34.1 Å². The van der Waals surface area contributed by atoms with Gasteiger partial charge < -0.3 is 10.1 Å². The minimum atomic E-state index is 0.0531. The molecule has 3 nitrogen and oxygen atoms in total. The first kappa shape index (κ1) is 16.0. The zero-order valence-corrected chi connectivity index (χ0v) is 14.5. The molecule has 0 aliphatic rings. The van der Waals surface area contributed by atoms with Crippen LogP contribution in [0.4, 0.5) is 0 Å². The molecule has 1 heterocycles. The largest absolute Gasteiger partial charge is 0.438 e. The van der Waals surface area contributed by atoms with E-state index in [2.05, 4.69) is 47.0 Å². The van der Waals surface area contributed by atoms with Gasteiger partial charge in [-0.05, 0) is 67.4 Å². The number of halogens is 1. The van der Waals surface area contributed by atoms with E-state index in [-0.39, 0.29) is 5.54 Å². The molecule has 2 rings (SSSR count). The maximum atomic E-state index is 5.96. The van der Waals surface area contributed by atoms with Crippen molar-refractivity contribution in [2.75, 3.05) is 0 Å². The van der Waals surface area contributed by atoms with Crippen molar-refractivity contribution in [3.05, 3.63) is 52.1 Å². The van der Waals surface area contributed by atoms with E-state index < -0.39 is 0 Å². The van der Waals surface area contributed by atoms with E-state index in [0.29, 0.717) is 5.88 Å². The van der Waals surface area contributed by atoms with Crippen molar-refractivity contribution < 1.29 is 4.74 Å². The van der Waals surface area contributed by atoms with Crippen molar-refractivity contribution in [1.29, 1.82) is 0 Å². The molecule has 112 valence electrons. The van der Waals surface area contributed by atoms with Crippen molar-refractivity contribution in [1.82, 2.24) is 10.3 Å². The van der Waals surface area contributed by atoms with Crippen LogP contribution < -0.4 is 10.1 Å². The summed E-state index contributed by atoms with van der Waals surface area (Å²) in [4.78, 5) is 4.36. The van der Waals surface area contributed by atoms with E-state index in [4.69, 9.17) is 4.74 Å². The molecule has 1 aromatic heterocycles. The van der Waals surface area contributed by atoms with Crippen LogP contribution in [0.2, 0.25) is 0 Å². The lowest BCUT2D eigenvalue weighted by Gasteiger charge is -2.21. The summed E-state index contributed by atoms with van der Waals surface area (Å²) >= 11 is 3.53. The molecule has 4 heteroatoms. The molecule has 1 N–H and O–H groups in total. The average molecular weight is 349 g/mol. The van der Waals surface area contributed by atoms with Crippen LogP contribution in [0.15, 0.2) is 41.0 Å². The van der Waals surface area contributed by atoms with Gasteiger partial charge >= 0.3 is 0 Å². The Balaban J connectivity index is 2.20. The van der Waals surface area contributed by atoms with Gasteiger partial charge in [0.25, 0.3) is 0 Å². The Labute approximate surface area is 134 Å². The SMILES string of the molecule is Cc1ccc(Oc2ncccc2CNC(C)(C)C)c(Br)c1. The Morgan fingerprint density at radius 1 is 1.24 bits per heavy atom. The Morgan fingerprint density at radius 3 is 2.67 bits per heavy atom. The van der Waals surface area contributed by atoms with Crippen LogP contribution in [-0.4, -0.2) is 10.5 Å². The van der Waals surface area contributed by atoms with Gasteiger partial charge in [0.2, 0.25) is 5.88 Å². The van der Waals surface area contributed by atoms with Crippen molar-refractivity contribution in [3.8, 4) is 11.6 Å². The second kappa shape index (κ2) is 6.58. The summed E-state index contributed by atoms with van der Waals surface area (Å²) < 4.78 is 6.90. The van der Waals surface area contributed by atoms with E-state index in [9.17, 15) is 0 Å². The lowest BCUT2D eigenvalue weighted by Crippen LogP contribution is -2.35. The van der Waals surface area contributed by atoms with Crippen LogP contribution >= 0.6 is 15.9 Å². The predicted molar refractivity (Wildman–Crippen MR) is 89.8 cm³/mol. The van der Waals surface area contributed by atoms with Gasteiger partial charge in [-0.1, -0.05) is 12.1 Å². The molecule has 0 radical (unpaired) electrons. The monoisotopic (exact) mass is 348 g/mol. The van der Waals surface area contributed by atoms with Crippen LogP contribution in [0.3, 0.4) is 0 Å². The molecule has 0 aliphatic carbocycles. The Kier molecular flexibility index (Phi) is 5.01. The number of hydrogen-bond acceptors (Lipinski definition) is 3. The first-order valence-electron chi connectivity index (χ1n) is 6.98. The second-order valence-corrected chi connectivity index (χ2v) is 6.96. The molecule has 2 aromatic rings. The highest BCUT2D eigenvalue weighted by atomic mass is 79.9. The molecule has 0 amide bonds. The van der Waals surface area contributed by atoms with Gasteiger partial charge in [0, 0.05) is 23.8 Å². The van der Waals surface area contributed by atoms with Crippen LogP contribution in [0.25, 0.3) is 0 Å². The molecule has 1 aromatic carbocycles. The number of rotatable bonds is 4. The van der Waals surface area contributed by atoms with Gasteiger partial charge in [0.15, 0.2) is 0 Å². The molecule has 0 saturated carbocycles. The fourth-order valence-corrected chi connectivity index (χ4v) is 2.38. The zero-order chi connectivity index (χ0) is 15.5. The maximum Gasteiger partial charge on any atom is 0.223 e. The minimum Gasteiger partial charge on any atom is -0.438 e. The predicted octanol–water partition coefficient (Wildman–Crippen LogP) is 4.83. The molecular weight excluding hydrogens is 328 g/mol. The standard InChI is InChI=1S/C17H21BrN2O/c1-12-7-8-15(14(18)10-12)21-16-13(6-5-9-19-16)11-20-17(2,3)4/h5-10,20H,11H2,1-4H3. The third-order valence-electron chi connectivity index (χ3n) is 2.95. The molecule has 0 aliphatic heterocycles. The lowest BCUT2D eigenvalue weighted by atomic mass is 10.1. The third kappa shape index (κ3) is 4.83. The highest BCUT2D eigenvalue weighted by Gasteiger charge is 2.13. The molecule has 0 unspecified atom stereocenters. The Morgan fingerprint density at radius 2 is 2.00 bits per heavy atom. The molecule has 0 spiro atoms. The summed E-state index contributed by atoms with van der Waals surface area (Å²) in [6.07, 6.45) is 1.75. The van der Waals surface area contributed by atoms with Crippen LogP contribution in [0.1, 0.15) is 31.9 Å². The number of pyridine rings is 1. The number of benzene rings is 1. The Hall–Kier alpha value is -1.39. The van der Waals surface area contributed by atoms with Crippen LogP contribution in [0, 0.1) is 6.92 Å². The van der Waals surface area contributed by atoms with E-state index in [1.807, 2.05) is 37.3 Å². The summed E-state index contributed by atoms with van der Waals surface area (Å²) in [5.74, 6) is 1.41. The maximum absolute atomic E-state index is 5.96. The van der Waals surface area contributed by atoms with Crippen molar-refractivity contribution in [2.45, 2.75) is 39.8 Å². The normalized spacial score (nSPS) is 11.5. The van der Waals surface area contributed by atoms with Crippen molar-refractivity contribution in [3.63, 3.8) is 0 Å².